The summed E-state index contributed by atoms with van der Waals surface area (Å²) >= 11 is 0. The van der Waals surface area contributed by atoms with Crippen LogP contribution in [-0.2, 0) is 0 Å². The molecule has 0 aliphatic rings. The molecule has 2 nitrogen and oxygen atoms in total. The maximum absolute atomic E-state index is 3.93. The predicted octanol–water partition coefficient (Wildman–Crippen LogP) is 0.338. The summed E-state index contributed by atoms with van der Waals surface area (Å²) in [6.07, 6.45) is 4.19. The molecule has 0 spiro atoms. The Morgan fingerprint density at radius 2 is 2.00 bits per heavy atom. The van der Waals surface area contributed by atoms with Crippen molar-refractivity contribution in [3.63, 3.8) is 0 Å². The summed E-state index contributed by atoms with van der Waals surface area (Å²) in [6.45, 7) is 1.85. The highest BCUT2D eigenvalue weighted by Gasteiger charge is 1.79. The first-order valence-corrected chi connectivity index (χ1v) is 3.12. The lowest BCUT2D eigenvalue weighted by atomic mass is 10.4. The first-order valence-electron chi connectivity index (χ1n) is 3.12. The molecule has 0 aliphatic heterocycles. The average Bonchev–Trinajstić information content (AvgIpc) is 1.80. The van der Waals surface area contributed by atoms with Crippen molar-refractivity contribution in [3.05, 3.63) is 12.2 Å². The lowest BCUT2D eigenvalue weighted by Crippen LogP contribution is -2.10. The van der Waals surface area contributed by atoms with E-state index in [2.05, 4.69) is 22.4 Å². The molecule has 0 N–H and O–H groups in total. The van der Waals surface area contributed by atoms with E-state index in [4.69, 9.17) is 0 Å². The highest BCUT2D eigenvalue weighted by Crippen LogP contribution is 1.75. The van der Waals surface area contributed by atoms with E-state index in [0.29, 0.717) is 0 Å². The second kappa shape index (κ2) is 5.79. The second-order valence-corrected chi connectivity index (χ2v) is 2.23. The minimum absolute atomic E-state index is 0.841. The van der Waals surface area contributed by atoms with Gasteiger partial charge in [-0.15, -0.1) is 0 Å². The summed E-state index contributed by atoms with van der Waals surface area (Å²) < 4.78 is 0. The lowest BCUT2D eigenvalue weighted by Gasteiger charge is -2.02. The zero-order valence-electron chi connectivity index (χ0n) is 6.46. The van der Waals surface area contributed by atoms with Gasteiger partial charge in [0.05, 0.1) is 0 Å². The monoisotopic (exact) mass is 127 g/mol. The first-order chi connectivity index (χ1) is 4.27. The van der Waals surface area contributed by atoms with E-state index in [9.17, 15) is 0 Å². The Morgan fingerprint density at radius 1 is 1.33 bits per heavy atom. The highest BCUT2D eigenvalue weighted by molar-refractivity contribution is 4.84. The topological polar surface area (TPSA) is 17.3 Å². The van der Waals surface area contributed by atoms with Crippen molar-refractivity contribution >= 4 is 0 Å². The minimum Gasteiger partial charge on any atom is -0.306 e. The van der Waals surface area contributed by atoms with E-state index in [1.165, 1.54) is 0 Å². The molecular weight excluding hydrogens is 112 g/mol. The van der Waals surface area contributed by atoms with Crippen LogP contribution in [-0.4, -0.2) is 39.1 Å². The molecular formula is C7H15N2. The van der Waals surface area contributed by atoms with Crippen molar-refractivity contribution in [1.82, 2.24) is 10.2 Å². The standard InChI is InChI=1S/C7H15N2/c1-8-6-4-5-7-9(2)3/h4-5H,6-7H2,1-3H3. The van der Waals surface area contributed by atoms with Crippen LogP contribution in [0.5, 0.6) is 0 Å². The molecule has 0 heterocycles. The van der Waals surface area contributed by atoms with Crippen molar-refractivity contribution in [2.45, 2.75) is 0 Å². The molecule has 9 heavy (non-hydrogen) atoms. The molecule has 0 unspecified atom stereocenters. The van der Waals surface area contributed by atoms with E-state index in [-0.39, 0.29) is 0 Å². The SMILES string of the molecule is C[N]CC=CCN(C)C. The zero-order valence-corrected chi connectivity index (χ0v) is 6.46. The quantitative estimate of drug-likeness (QED) is 0.498. The third-order valence-corrected chi connectivity index (χ3v) is 0.925. The maximum Gasteiger partial charge on any atom is 0.0311 e. The molecule has 0 amide bonds. The first kappa shape index (κ1) is 8.66. The van der Waals surface area contributed by atoms with Gasteiger partial charge in [-0.3, -0.25) is 0 Å². The third-order valence-electron chi connectivity index (χ3n) is 0.925. The fourth-order valence-electron chi connectivity index (χ4n) is 0.465. The molecule has 0 saturated carbocycles. The Kier molecular flexibility index (Phi) is 5.57. The van der Waals surface area contributed by atoms with Crippen LogP contribution in [0.2, 0.25) is 0 Å². The Morgan fingerprint density at radius 3 is 2.44 bits per heavy atom. The van der Waals surface area contributed by atoms with Gasteiger partial charge in [0.25, 0.3) is 0 Å². The van der Waals surface area contributed by atoms with Crippen molar-refractivity contribution in [2.75, 3.05) is 34.2 Å². The molecule has 0 bridgehead atoms. The Balaban J connectivity index is 3.04. The van der Waals surface area contributed by atoms with E-state index in [0.717, 1.165) is 13.1 Å². The summed E-state index contributed by atoms with van der Waals surface area (Å²) in [6, 6.07) is 0. The van der Waals surface area contributed by atoms with Gasteiger partial charge in [-0.05, 0) is 14.1 Å². The van der Waals surface area contributed by atoms with Gasteiger partial charge in [0, 0.05) is 20.1 Å². The molecule has 0 aromatic carbocycles. The van der Waals surface area contributed by atoms with Crippen LogP contribution in [0.1, 0.15) is 0 Å². The molecule has 0 atom stereocenters. The van der Waals surface area contributed by atoms with Crippen LogP contribution < -0.4 is 5.32 Å². The molecule has 0 aliphatic carbocycles. The summed E-state index contributed by atoms with van der Waals surface area (Å²) in [5.41, 5.74) is 0. The van der Waals surface area contributed by atoms with Crippen LogP contribution in [0.3, 0.4) is 0 Å². The normalized spacial score (nSPS) is 11.6. The molecule has 0 aromatic rings. The molecule has 0 aromatic heterocycles. The number of hydrogen-bond donors (Lipinski definition) is 0. The van der Waals surface area contributed by atoms with Gasteiger partial charge in [-0.2, -0.15) is 0 Å². The van der Waals surface area contributed by atoms with Gasteiger partial charge in [0.2, 0.25) is 0 Å². The number of rotatable bonds is 4. The molecule has 0 fully saturated rings. The van der Waals surface area contributed by atoms with Crippen LogP contribution in [0.25, 0.3) is 0 Å². The molecule has 0 saturated heterocycles. The van der Waals surface area contributed by atoms with Crippen LogP contribution in [0.4, 0.5) is 0 Å². The fourth-order valence-corrected chi connectivity index (χ4v) is 0.465. The molecule has 2 heteroatoms. The summed E-state index contributed by atoms with van der Waals surface area (Å²) in [7, 11) is 5.92. The predicted molar refractivity (Wildman–Crippen MR) is 40.6 cm³/mol. The Bertz CT molecular complexity index is 77.0. The van der Waals surface area contributed by atoms with Gasteiger partial charge >= 0.3 is 0 Å². The van der Waals surface area contributed by atoms with Gasteiger partial charge in [0.15, 0.2) is 0 Å². The smallest absolute Gasteiger partial charge is 0.0311 e. The molecule has 0 rings (SSSR count). The van der Waals surface area contributed by atoms with Crippen molar-refractivity contribution in [2.24, 2.45) is 0 Å². The van der Waals surface area contributed by atoms with E-state index in [1.54, 1.807) is 0 Å². The lowest BCUT2D eigenvalue weighted by molar-refractivity contribution is 0.456. The summed E-state index contributed by atoms with van der Waals surface area (Å²) in [5.74, 6) is 0. The average molecular weight is 127 g/mol. The van der Waals surface area contributed by atoms with E-state index >= 15 is 0 Å². The molecule has 1 radical (unpaired) electrons. The summed E-state index contributed by atoms with van der Waals surface area (Å²) in [5, 5.41) is 3.93. The maximum atomic E-state index is 3.93. The number of hydrogen-bond acceptors (Lipinski definition) is 1. The number of likely N-dealkylation sites (N-methyl/N-ethyl adjacent to an activating group) is 2. The van der Waals surface area contributed by atoms with Crippen LogP contribution in [0, 0.1) is 0 Å². The zero-order chi connectivity index (χ0) is 7.11. The van der Waals surface area contributed by atoms with Crippen LogP contribution in [0.15, 0.2) is 12.2 Å². The van der Waals surface area contributed by atoms with Crippen molar-refractivity contribution in [3.8, 4) is 0 Å². The fraction of sp³-hybridized carbons (Fsp3) is 0.714. The minimum atomic E-state index is 0.841. The van der Waals surface area contributed by atoms with Crippen molar-refractivity contribution in [1.29, 1.82) is 0 Å². The molecule has 53 valence electrons. The number of nitrogens with zero attached hydrogens (tertiary/aromatic N) is 2. The Hall–Kier alpha value is -0.340. The summed E-state index contributed by atoms with van der Waals surface area (Å²) in [4.78, 5) is 2.12. The van der Waals surface area contributed by atoms with E-state index in [1.807, 2.05) is 21.1 Å². The van der Waals surface area contributed by atoms with Gasteiger partial charge in [-0.25, -0.2) is 5.32 Å². The van der Waals surface area contributed by atoms with Gasteiger partial charge in [-0.1, -0.05) is 12.2 Å². The van der Waals surface area contributed by atoms with E-state index < -0.39 is 0 Å². The highest BCUT2D eigenvalue weighted by atomic mass is 15.0. The largest absolute Gasteiger partial charge is 0.306 e. The van der Waals surface area contributed by atoms with Crippen molar-refractivity contribution < 1.29 is 0 Å². The van der Waals surface area contributed by atoms with Gasteiger partial charge < -0.3 is 4.90 Å². The Labute approximate surface area is 57.5 Å². The van der Waals surface area contributed by atoms with Gasteiger partial charge in [0.1, 0.15) is 0 Å². The second-order valence-electron chi connectivity index (χ2n) is 2.23. The van der Waals surface area contributed by atoms with Crippen LogP contribution >= 0.6 is 0 Å². The third kappa shape index (κ3) is 7.66.